The molecule has 1 aromatic carbocycles. The summed E-state index contributed by atoms with van der Waals surface area (Å²) in [6.07, 6.45) is 7.05. The summed E-state index contributed by atoms with van der Waals surface area (Å²) in [4.78, 5) is 43.4. The minimum atomic E-state index is -0.639. The number of anilines is 1. The first kappa shape index (κ1) is 23.6. The van der Waals surface area contributed by atoms with Crippen molar-refractivity contribution < 1.29 is 14.4 Å². The van der Waals surface area contributed by atoms with Crippen molar-refractivity contribution in [1.82, 2.24) is 10.3 Å². The number of carbonyl (C=O) groups is 3. The van der Waals surface area contributed by atoms with E-state index in [1.165, 1.54) is 12.8 Å². The molecular weight excluding hydrogens is 434 g/mol. The van der Waals surface area contributed by atoms with Crippen LogP contribution < -0.4 is 10.6 Å². The number of fused-ring (bicyclic) bond motifs is 1. The highest BCUT2D eigenvalue weighted by Crippen LogP contribution is 2.37. The Morgan fingerprint density at radius 2 is 1.94 bits per heavy atom. The van der Waals surface area contributed by atoms with Crippen LogP contribution in [0, 0.1) is 18.3 Å². The van der Waals surface area contributed by atoms with Crippen LogP contribution in [0.5, 0.6) is 0 Å². The number of rotatable bonds is 8. The van der Waals surface area contributed by atoms with E-state index in [-0.39, 0.29) is 23.0 Å². The molecule has 2 aromatic rings. The quantitative estimate of drug-likeness (QED) is 0.470. The maximum Gasteiger partial charge on any atom is 0.268 e. The van der Waals surface area contributed by atoms with Gasteiger partial charge >= 0.3 is 0 Å². The van der Waals surface area contributed by atoms with E-state index >= 15 is 0 Å². The molecule has 1 atom stereocenters. The highest BCUT2D eigenvalue weighted by Gasteiger charge is 2.36. The number of aromatic amines is 1. The van der Waals surface area contributed by atoms with E-state index in [0.717, 1.165) is 29.1 Å². The second-order valence-electron chi connectivity index (χ2n) is 10.2. The lowest BCUT2D eigenvalue weighted by atomic mass is 9.75. The maximum atomic E-state index is 13.3. The molecule has 2 aliphatic carbocycles. The molecule has 1 fully saturated rings. The van der Waals surface area contributed by atoms with Crippen molar-refractivity contribution in [2.24, 2.45) is 11.3 Å². The molecule has 2 amide bonds. The second-order valence-corrected chi connectivity index (χ2v) is 11.0. The van der Waals surface area contributed by atoms with Gasteiger partial charge in [-0.2, -0.15) is 0 Å². The summed E-state index contributed by atoms with van der Waals surface area (Å²) in [6, 6.07) is 7.02. The third-order valence-corrected chi connectivity index (χ3v) is 7.47. The molecule has 0 radical (unpaired) electrons. The Hall–Kier alpha value is -2.54. The number of Topliss-reactive ketones (excluding diaryl/α,β-unsaturated/α-hetero) is 1. The summed E-state index contributed by atoms with van der Waals surface area (Å²) < 4.78 is 0. The van der Waals surface area contributed by atoms with Crippen molar-refractivity contribution in [3.63, 3.8) is 0 Å². The van der Waals surface area contributed by atoms with Crippen LogP contribution in [0.2, 0.25) is 0 Å². The third-order valence-electron chi connectivity index (χ3n) is 6.68. The molecule has 0 saturated heterocycles. The van der Waals surface area contributed by atoms with E-state index in [0.29, 0.717) is 35.6 Å². The van der Waals surface area contributed by atoms with Gasteiger partial charge in [0, 0.05) is 22.6 Å². The van der Waals surface area contributed by atoms with E-state index in [2.05, 4.69) is 29.5 Å². The third kappa shape index (κ3) is 5.35. The summed E-state index contributed by atoms with van der Waals surface area (Å²) in [5.41, 5.74) is 3.16. The number of aromatic nitrogens is 1. The van der Waals surface area contributed by atoms with Crippen molar-refractivity contribution in [1.29, 1.82) is 0 Å². The highest BCUT2D eigenvalue weighted by molar-refractivity contribution is 7.98. The van der Waals surface area contributed by atoms with Gasteiger partial charge in [0.05, 0.1) is 5.69 Å². The Morgan fingerprint density at radius 3 is 2.64 bits per heavy atom. The molecule has 6 nitrogen and oxygen atoms in total. The minimum absolute atomic E-state index is 0.0748. The summed E-state index contributed by atoms with van der Waals surface area (Å²) in [5, 5.41) is 5.96. The van der Waals surface area contributed by atoms with E-state index in [1.54, 1.807) is 11.8 Å². The molecule has 3 N–H and O–H groups in total. The number of carbonyl (C=O) groups excluding carboxylic acids is 3. The summed E-state index contributed by atoms with van der Waals surface area (Å²) in [7, 11) is 0. The normalized spacial score (nSPS) is 17.9. The molecule has 4 rings (SSSR count). The van der Waals surface area contributed by atoms with E-state index in [4.69, 9.17) is 0 Å². The zero-order valence-electron chi connectivity index (χ0n) is 19.8. The van der Waals surface area contributed by atoms with Gasteiger partial charge in [-0.05, 0) is 61.5 Å². The average Bonchev–Trinajstić information content (AvgIpc) is 3.52. The van der Waals surface area contributed by atoms with Crippen molar-refractivity contribution in [3.8, 4) is 0 Å². The number of thioether (sulfide) groups is 1. The molecule has 0 aliphatic heterocycles. The van der Waals surface area contributed by atoms with Gasteiger partial charge in [0.2, 0.25) is 5.91 Å². The summed E-state index contributed by atoms with van der Waals surface area (Å²) in [6.45, 7) is 5.94. The molecule has 33 heavy (non-hydrogen) atoms. The Labute approximate surface area is 199 Å². The molecule has 0 spiro atoms. The number of nitrogens with one attached hydrogen (secondary N) is 3. The first-order chi connectivity index (χ1) is 15.7. The number of amides is 2. The SMILES string of the molecule is CSc1ccccc1NC(=O)C(CCC1CC1)NC(=O)c1[nH]c2c(c1C)C(=O)CC(C)(C)C2. The Bertz CT molecular complexity index is 1080. The van der Waals surface area contributed by atoms with Gasteiger partial charge in [-0.1, -0.05) is 38.8 Å². The summed E-state index contributed by atoms with van der Waals surface area (Å²) >= 11 is 1.57. The van der Waals surface area contributed by atoms with Gasteiger partial charge in [-0.15, -0.1) is 11.8 Å². The zero-order chi connectivity index (χ0) is 23.8. The number of para-hydroxylation sites is 1. The Morgan fingerprint density at radius 1 is 1.21 bits per heavy atom. The first-order valence-corrected chi connectivity index (χ1v) is 12.9. The minimum Gasteiger partial charge on any atom is -0.354 e. The average molecular weight is 468 g/mol. The number of ketones is 1. The Kier molecular flexibility index (Phi) is 6.71. The van der Waals surface area contributed by atoms with Crippen molar-refractivity contribution >= 4 is 35.0 Å². The predicted molar refractivity (Wildman–Crippen MR) is 132 cm³/mol. The smallest absolute Gasteiger partial charge is 0.268 e. The van der Waals surface area contributed by atoms with E-state index in [9.17, 15) is 14.4 Å². The van der Waals surface area contributed by atoms with Crippen LogP contribution >= 0.6 is 11.8 Å². The van der Waals surface area contributed by atoms with Crippen LogP contribution in [0.1, 0.15) is 78.1 Å². The monoisotopic (exact) mass is 467 g/mol. The lowest BCUT2D eigenvalue weighted by molar-refractivity contribution is -0.118. The molecule has 1 aromatic heterocycles. The molecule has 1 saturated carbocycles. The number of hydrogen-bond acceptors (Lipinski definition) is 4. The number of hydrogen-bond donors (Lipinski definition) is 3. The molecule has 7 heteroatoms. The fourth-order valence-corrected chi connectivity index (χ4v) is 5.29. The fraction of sp³-hybridized carbons (Fsp3) is 0.500. The van der Waals surface area contributed by atoms with Crippen molar-refractivity contribution in [3.05, 3.63) is 46.8 Å². The van der Waals surface area contributed by atoms with Gasteiger partial charge in [-0.25, -0.2) is 0 Å². The fourth-order valence-electron chi connectivity index (χ4n) is 4.74. The number of benzene rings is 1. The topological polar surface area (TPSA) is 91.1 Å². The van der Waals surface area contributed by atoms with Crippen LogP contribution in [-0.2, 0) is 11.2 Å². The second kappa shape index (κ2) is 9.37. The van der Waals surface area contributed by atoms with Crippen molar-refractivity contribution in [2.45, 2.75) is 70.2 Å². The largest absolute Gasteiger partial charge is 0.354 e. The lowest BCUT2D eigenvalue weighted by Crippen LogP contribution is -2.44. The van der Waals surface area contributed by atoms with Gasteiger partial charge in [0.25, 0.3) is 5.91 Å². The standard InChI is InChI=1S/C26H33N3O3S/c1-15-22-19(13-26(2,3)14-20(22)30)27-23(15)25(32)29-18(12-11-16-9-10-16)24(31)28-17-7-5-6-8-21(17)33-4/h5-8,16,18,27H,9-14H2,1-4H3,(H,28,31)(H,29,32). The lowest BCUT2D eigenvalue weighted by Gasteiger charge is -2.28. The zero-order valence-corrected chi connectivity index (χ0v) is 20.7. The van der Waals surface area contributed by atoms with Gasteiger partial charge in [0.15, 0.2) is 5.78 Å². The predicted octanol–water partition coefficient (Wildman–Crippen LogP) is 5.13. The molecular formula is C26H33N3O3S. The number of H-pyrrole nitrogens is 1. The van der Waals surface area contributed by atoms with E-state index < -0.39 is 6.04 Å². The van der Waals surface area contributed by atoms with Crippen LogP contribution in [-0.4, -0.2) is 34.9 Å². The molecule has 1 heterocycles. The first-order valence-electron chi connectivity index (χ1n) is 11.7. The Balaban J connectivity index is 1.53. The summed E-state index contributed by atoms with van der Waals surface area (Å²) in [5.74, 6) is 0.180. The van der Waals surface area contributed by atoms with Gasteiger partial charge < -0.3 is 15.6 Å². The molecule has 2 aliphatic rings. The molecule has 176 valence electrons. The van der Waals surface area contributed by atoms with Crippen LogP contribution in [0.15, 0.2) is 29.2 Å². The van der Waals surface area contributed by atoms with Crippen LogP contribution in [0.3, 0.4) is 0 Å². The van der Waals surface area contributed by atoms with Crippen LogP contribution in [0.25, 0.3) is 0 Å². The molecule has 1 unspecified atom stereocenters. The molecule has 0 bridgehead atoms. The van der Waals surface area contributed by atoms with Crippen LogP contribution in [0.4, 0.5) is 5.69 Å². The van der Waals surface area contributed by atoms with Gasteiger partial charge in [0.1, 0.15) is 11.7 Å². The van der Waals surface area contributed by atoms with Crippen molar-refractivity contribution in [2.75, 3.05) is 11.6 Å². The van der Waals surface area contributed by atoms with E-state index in [1.807, 2.05) is 37.4 Å². The highest BCUT2D eigenvalue weighted by atomic mass is 32.2. The maximum absolute atomic E-state index is 13.3. The van der Waals surface area contributed by atoms with Gasteiger partial charge in [-0.3, -0.25) is 14.4 Å².